The van der Waals surface area contributed by atoms with Crippen LogP contribution >= 0.6 is 0 Å². The van der Waals surface area contributed by atoms with E-state index in [0.717, 1.165) is 17.7 Å². The Morgan fingerprint density at radius 3 is 2.48 bits per heavy atom. The van der Waals surface area contributed by atoms with Crippen LogP contribution in [0.3, 0.4) is 0 Å². The van der Waals surface area contributed by atoms with E-state index in [1.54, 1.807) is 19.2 Å². The molecular weight excluding hydrogens is 292 g/mol. The van der Waals surface area contributed by atoms with Crippen LogP contribution in [0, 0.1) is 5.92 Å². The van der Waals surface area contributed by atoms with Gasteiger partial charge in [-0.15, -0.1) is 10.2 Å². The molecule has 1 aromatic carbocycles. The lowest BCUT2D eigenvalue weighted by atomic mass is 10.1. The van der Waals surface area contributed by atoms with Gasteiger partial charge < -0.3 is 15.4 Å². The van der Waals surface area contributed by atoms with Gasteiger partial charge in [0.2, 0.25) is 5.91 Å². The van der Waals surface area contributed by atoms with Crippen LogP contribution in [0.1, 0.15) is 19.4 Å². The second kappa shape index (κ2) is 8.12. The summed E-state index contributed by atoms with van der Waals surface area (Å²) in [5.74, 6) is 1.85. The van der Waals surface area contributed by atoms with Gasteiger partial charge in [0, 0.05) is 12.5 Å². The fourth-order valence-corrected chi connectivity index (χ4v) is 2.00. The summed E-state index contributed by atoms with van der Waals surface area (Å²) in [7, 11) is 1.67. The van der Waals surface area contributed by atoms with Gasteiger partial charge in [0.15, 0.2) is 5.82 Å². The second-order valence-electron chi connectivity index (χ2n) is 5.44. The van der Waals surface area contributed by atoms with Gasteiger partial charge in [-0.25, -0.2) is 0 Å². The molecule has 6 nitrogen and oxygen atoms in total. The minimum absolute atomic E-state index is 0.0730. The highest BCUT2D eigenvalue weighted by Gasteiger charge is 2.08. The van der Waals surface area contributed by atoms with Crippen molar-refractivity contribution in [1.82, 2.24) is 10.2 Å². The molecule has 2 rings (SSSR count). The van der Waals surface area contributed by atoms with Crippen molar-refractivity contribution in [2.24, 2.45) is 5.92 Å². The first-order valence-corrected chi connectivity index (χ1v) is 7.60. The third-order valence-corrected chi connectivity index (χ3v) is 3.33. The maximum absolute atomic E-state index is 11.6. The van der Waals surface area contributed by atoms with E-state index in [1.807, 2.05) is 38.1 Å². The first-order valence-electron chi connectivity index (χ1n) is 7.60. The Bertz CT molecular complexity index is 641. The lowest BCUT2D eigenvalue weighted by Crippen LogP contribution is -2.19. The standard InChI is InChI=1S/C17H22N4O2/c1-12(2)17(22)19-16-9-8-15(20-21-16)18-11-10-13-6-4-5-7-14(13)23-3/h4-9,12H,10-11H2,1-3H3,(H,18,20)(H,19,21,22). The van der Waals surface area contributed by atoms with E-state index >= 15 is 0 Å². The fraction of sp³-hybridized carbons (Fsp3) is 0.353. The number of anilines is 2. The van der Waals surface area contributed by atoms with Gasteiger partial charge in [0.25, 0.3) is 0 Å². The molecule has 0 aliphatic heterocycles. The quantitative estimate of drug-likeness (QED) is 0.822. The number of ether oxygens (including phenoxy) is 1. The minimum Gasteiger partial charge on any atom is -0.496 e. The molecule has 0 spiro atoms. The second-order valence-corrected chi connectivity index (χ2v) is 5.44. The van der Waals surface area contributed by atoms with Crippen LogP contribution in [0.2, 0.25) is 0 Å². The molecule has 0 aliphatic rings. The molecule has 0 atom stereocenters. The summed E-state index contributed by atoms with van der Waals surface area (Å²) < 4.78 is 5.32. The maximum atomic E-state index is 11.6. The number of benzene rings is 1. The van der Waals surface area contributed by atoms with Crippen LogP contribution in [0.15, 0.2) is 36.4 Å². The van der Waals surface area contributed by atoms with Gasteiger partial charge in [-0.3, -0.25) is 4.79 Å². The summed E-state index contributed by atoms with van der Waals surface area (Å²) in [5.41, 5.74) is 1.14. The Morgan fingerprint density at radius 1 is 1.13 bits per heavy atom. The van der Waals surface area contributed by atoms with Crippen molar-refractivity contribution in [2.45, 2.75) is 20.3 Å². The summed E-state index contributed by atoms with van der Waals surface area (Å²) in [6, 6.07) is 11.5. The number of carbonyl (C=O) groups is 1. The van der Waals surface area contributed by atoms with Crippen molar-refractivity contribution in [3.63, 3.8) is 0 Å². The van der Waals surface area contributed by atoms with Crippen molar-refractivity contribution in [1.29, 1.82) is 0 Å². The third kappa shape index (κ3) is 4.95. The number of nitrogens with one attached hydrogen (secondary N) is 2. The fourth-order valence-electron chi connectivity index (χ4n) is 2.00. The first-order chi connectivity index (χ1) is 11.1. The minimum atomic E-state index is -0.0875. The number of amides is 1. The van der Waals surface area contributed by atoms with E-state index in [0.29, 0.717) is 18.2 Å². The Hall–Kier alpha value is -2.63. The molecule has 0 aliphatic carbocycles. The molecule has 2 aromatic rings. The van der Waals surface area contributed by atoms with Crippen LogP contribution in [0.5, 0.6) is 5.75 Å². The molecule has 0 unspecified atom stereocenters. The lowest BCUT2D eigenvalue weighted by molar-refractivity contribution is -0.118. The predicted octanol–water partition coefficient (Wildman–Crippen LogP) is 2.73. The molecule has 2 N–H and O–H groups in total. The number of rotatable bonds is 7. The highest BCUT2D eigenvalue weighted by Crippen LogP contribution is 2.17. The van der Waals surface area contributed by atoms with Gasteiger partial charge in [-0.1, -0.05) is 32.0 Å². The van der Waals surface area contributed by atoms with Gasteiger partial charge in [-0.2, -0.15) is 0 Å². The zero-order valence-corrected chi connectivity index (χ0v) is 13.7. The third-order valence-electron chi connectivity index (χ3n) is 3.33. The number of nitrogens with zero attached hydrogens (tertiary/aromatic N) is 2. The molecule has 23 heavy (non-hydrogen) atoms. The van der Waals surface area contributed by atoms with E-state index in [-0.39, 0.29) is 11.8 Å². The molecule has 122 valence electrons. The topological polar surface area (TPSA) is 76.1 Å². The van der Waals surface area contributed by atoms with Gasteiger partial charge in [-0.05, 0) is 30.2 Å². The molecule has 0 bridgehead atoms. The average Bonchev–Trinajstić information content (AvgIpc) is 2.56. The molecule has 1 heterocycles. The Kier molecular flexibility index (Phi) is 5.91. The number of aromatic nitrogens is 2. The smallest absolute Gasteiger partial charge is 0.228 e. The summed E-state index contributed by atoms with van der Waals surface area (Å²) >= 11 is 0. The molecule has 0 saturated carbocycles. The number of methoxy groups -OCH3 is 1. The maximum Gasteiger partial charge on any atom is 0.228 e. The molecule has 6 heteroatoms. The zero-order valence-electron chi connectivity index (χ0n) is 13.7. The Morgan fingerprint density at radius 2 is 1.83 bits per heavy atom. The number of para-hydroxylation sites is 1. The van der Waals surface area contributed by atoms with Crippen LogP contribution < -0.4 is 15.4 Å². The molecule has 1 amide bonds. The van der Waals surface area contributed by atoms with Gasteiger partial charge in [0.05, 0.1) is 7.11 Å². The van der Waals surface area contributed by atoms with Gasteiger partial charge >= 0.3 is 0 Å². The summed E-state index contributed by atoms with van der Waals surface area (Å²) in [6.45, 7) is 4.37. The van der Waals surface area contributed by atoms with Crippen molar-refractivity contribution in [3.8, 4) is 5.75 Å². The number of carbonyl (C=O) groups excluding carboxylic acids is 1. The highest BCUT2D eigenvalue weighted by molar-refractivity contribution is 5.91. The molecular formula is C17H22N4O2. The van der Waals surface area contributed by atoms with Crippen LogP contribution in [0.4, 0.5) is 11.6 Å². The summed E-state index contributed by atoms with van der Waals surface area (Å²) in [4.78, 5) is 11.6. The average molecular weight is 314 g/mol. The van der Waals surface area contributed by atoms with E-state index in [2.05, 4.69) is 20.8 Å². The van der Waals surface area contributed by atoms with E-state index in [1.165, 1.54) is 0 Å². The normalized spacial score (nSPS) is 10.4. The van der Waals surface area contributed by atoms with Crippen LogP contribution in [-0.4, -0.2) is 29.8 Å². The number of hydrogen-bond acceptors (Lipinski definition) is 5. The van der Waals surface area contributed by atoms with Crippen molar-refractivity contribution in [3.05, 3.63) is 42.0 Å². The zero-order chi connectivity index (χ0) is 16.7. The monoisotopic (exact) mass is 314 g/mol. The van der Waals surface area contributed by atoms with E-state index in [4.69, 9.17) is 4.74 Å². The molecule has 0 fully saturated rings. The Balaban J connectivity index is 1.85. The first kappa shape index (κ1) is 16.7. The lowest BCUT2D eigenvalue weighted by Gasteiger charge is -2.10. The highest BCUT2D eigenvalue weighted by atomic mass is 16.5. The van der Waals surface area contributed by atoms with Crippen molar-refractivity contribution in [2.75, 3.05) is 24.3 Å². The molecule has 0 radical (unpaired) electrons. The SMILES string of the molecule is COc1ccccc1CCNc1ccc(NC(=O)C(C)C)nn1. The van der Waals surface area contributed by atoms with Crippen LogP contribution in [0.25, 0.3) is 0 Å². The van der Waals surface area contributed by atoms with Gasteiger partial charge in [0.1, 0.15) is 11.6 Å². The van der Waals surface area contributed by atoms with E-state index in [9.17, 15) is 4.79 Å². The van der Waals surface area contributed by atoms with Crippen LogP contribution in [-0.2, 0) is 11.2 Å². The van der Waals surface area contributed by atoms with Crippen molar-refractivity contribution < 1.29 is 9.53 Å². The largest absolute Gasteiger partial charge is 0.496 e. The van der Waals surface area contributed by atoms with Crippen molar-refractivity contribution >= 4 is 17.5 Å². The number of hydrogen-bond donors (Lipinski definition) is 2. The Labute approximate surface area is 136 Å². The summed E-state index contributed by atoms with van der Waals surface area (Å²) in [6.07, 6.45) is 0.817. The molecule has 1 aromatic heterocycles. The molecule has 0 saturated heterocycles. The summed E-state index contributed by atoms with van der Waals surface area (Å²) in [5, 5.41) is 14.0. The van der Waals surface area contributed by atoms with E-state index < -0.39 is 0 Å². The predicted molar refractivity (Wildman–Crippen MR) is 90.7 cm³/mol.